The molecule has 0 radical (unpaired) electrons. The summed E-state index contributed by atoms with van der Waals surface area (Å²) in [4.78, 5) is 25.5. The first-order valence-electron chi connectivity index (χ1n) is 7.39. The number of carboxylic acids is 1. The average Bonchev–Trinajstić information content (AvgIpc) is 3.02. The van der Waals surface area contributed by atoms with Crippen LogP contribution >= 0.6 is 15.9 Å². The molecule has 3 rings (SSSR count). The Morgan fingerprint density at radius 1 is 1.38 bits per heavy atom. The predicted octanol–water partition coefficient (Wildman–Crippen LogP) is 3.37. The van der Waals surface area contributed by atoms with Gasteiger partial charge in [0.1, 0.15) is 6.04 Å². The van der Waals surface area contributed by atoms with Gasteiger partial charge in [-0.15, -0.1) is 0 Å². The van der Waals surface area contributed by atoms with Gasteiger partial charge >= 0.3 is 5.97 Å². The van der Waals surface area contributed by atoms with Crippen LogP contribution in [-0.2, 0) is 16.0 Å². The normalized spacial score (nSPS) is 19.9. The molecule has 4 nitrogen and oxygen atoms in total. The lowest BCUT2D eigenvalue weighted by atomic mass is 9.97. The highest BCUT2D eigenvalue weighted by Crippen LogP contribution is 2.36. The molecule has 1 atom stereocenters. The molecule has 1 N–H and O–H groups in total. The molecule has 112 valence electrons. The van der Waals surface area contributed by atoms with E-state index in [0.29, 0.717) is 18.8 Å². The zero-order chi connectivity index (χ0) is 15.0. The van der Waals surface area contributed by atoms with Crippen molar-refractivity contribution in [3.63, 3.8) is 0 Å². The molecule has 0 bridgehead atoms. The number of anilines is 1. The van der Waals surface area contributed by atoms with Crippen LogP contribution < -0.4 is 4.90 Å². The molecule has 1 unspecified atom stereocenters. The van der Waals surface area contributed by atoms with Crippen LogP contribution in [0.25, 0.3) is 0 Å². The molecule has 0 aromatic heterocycles. The first-order chi connectivity index (χ1) is 10.1. The van der Waals surface area contributed by atoms with E-state index in [0.717, 1.165) is 28.6 Å². The Morgan fingerprint density at radius 2 is 2.10 bits per heavy atom. The van der Waals surface area contributed by atoms with Crippen LogP contribution in [-0.4, -0.2) is 23.0 Å². The molecular formula is C16H18BrNO3. The van der Waals surface area contributed by atoms with Gasteiger partial charge in [-0.3, -0.25) is 9.69 Å². The molecule has 5 heteroatoms. The van der Waals surface area contributed by atoms with Crippen LogP contribution in [0.1, 0.15) is 37.7 Å². The highest BCUT2D eigenvalue weighted by molar-refractivity contribution is 9.10. The summed E-state index contributed by atoms with van der Waals surface area (Å²) in [6.07, 6.45) is 5.38. The number of hydrogen-bond donors (Lipinski definition) is 1. The molecule has 0 saturated heterocycles. The quantitative estimate of drug-likeness (QED) is 0.904. The van der Waals surface area contributed by atoms with E-state index in [-0.39, 0.29) is 5.91 Å². The van der Waals surface area contributed by atoms with E-state index in [1.165, 1.54) is 17.7 Å². The number of benzene rings is 1. The third kappa shape index (κ3) is 2.84. The van der Waals surface area contributed by atoms with Crippen molar-refractivity contribution in [3.05, 3.63) is 28.2 Å². The van der Waals surface area contributed by atoms with E-state index in [1.807, 2.05) is 18.2 Å². The SMILES string of the molecule is O=C(O)C(CC1CCCC1)N1C(=O)Cc2cc(Br)ccc21. The van der Waals surface area contributed by atoms with Crippen molar-refractivity contribution in [3.8, 4) is 0 Å². The van der Waals surface area contributed by atoms with Crippen LogP contribution in [0.3, 0.4) is 0 Å². The number of halogens is 1. The molecule has 1 saturated carbocycles. The van der Waals surface area contributed by atoms with Crippen molar-refractivity contribution in [1.29, 1.82) is 0 Å². The highest BCUT2D eigenvalue weighted by atomic mass is 79.9. The van der Waals surface area contributed by atoms with Crippen molar-refractivity contribution in [1.82, 2.24) is 0 Å². The lowest BCUT2D eigenvalue weighted by Gasteiger charge is -2.27. The summed E-state index contributed by atoms with van der Waals surface area (Å²) >= 11 is 3.40. The Bertz CT molecular complexity index is 581. The van der Waals surface area contributed by atoms with Gasteiger partial charge in [0, 0.05) is 10.2 Å². The standard InChI is InChI=1S/C16H18BrNO3/c17-12-5-6-13-11(8-12)9-15(19)18(13)14(16(20)21)7-10-3-1-2-4-10/h5-6,8,10,14H,1-4,7,9H2,(H,20,21). The molecular weight excluding hydrogens is 334 g/mol. The van der Waals surface area contributed by atoms with Crippen molar-refractivity contribution >= 4 is 33.5 Å². The number of hydrogen-bond acceptors (Lipinski definition) is 2. The van der Waals surface area contributed by atoms with E-state index < -0.39 is 12.0 Å². The zero-order valence-electron chi connectivity index (χ0n) is 11.7. The van der Waals surface area contributed by atoms with Gasteiger partial charge in [-0.2, -0.15) is 0 Å². The molecule has 1 fully saturated rings. The van der Waals surface area contributed by atoms with Crippen molar-refractivity contribution < 1.29 is 14.7 Å². The second-order valence-electron chi connectivity index (χ2n) is 5.95. The van der Waals surface area contributed by atoms with Gasteiger partial charge in [0.05, 0.1) is 6.42 Å². The van der Waals surface area contributed by atoms with Gasteiger partial charge in [-0.25, -0.2) is 4.79 Å². The third-order valence-corrected chi connectivity index (χ3v) is 5.03. The Kier molecular flexibility index (Phi) is 4.02. The van der Waals surface area contributed by atoms with Crippen LogP contribution in [0, 0.1) is 5.92 Å². The Balaban J connectivity index is 1.89. The van der Waals surface area contributed by atoms with E-state index in [4.69, 9.17) is 0 Å². The molecule has 21 heavy (non-hydrogen) atoms. The zero-order valence-corrected chi connectivity index (χ0v) is 13.3. The van der Waals surface area contributed by atoms with Crippen LogP contribution in [0.15, 0.2) is 22.7 Å². The summed E-state index contributed by atoms with van der Waals surface area (Å²) in [5.41, 5.74) is 1.67. The van der Waals surface area contributed by atoms with E-state index in [1.54, 1.807) is 0 Å². The van der Waals surface area contributed by atoms with Crippen LogP contribution in [0.4, 0.5) is 5.69 Å². The van der Waals surface area contributed by atoms with Crippen LogP contribution in [0.5, 0.6) is 0 Å². The van der Waals surface area contributed by atoms with E-state index in [2.05, 4.69) is 15.9 Å². The van der Waals surface area contributed by atoms with Gasteiger partial charge in [-0.1, -0.05) is 41.6 Å². The lowest BCUT2D eigenvalue weighted by molar-refractivity contribution is -0.140. The lowest BCUT2D eigenvalue weighted by Crippen LogP contribution is -2.44. The minimum Gasteiger partial charge on any atom is -0.480 e. The number of carbonyl (C=O) groups is 2. The van der Waals surface area contributed by atoms with Crippen molar-refractivity contribution in [2.24, 2.45) is 5.92 Å². The summed E-state index contributed by atoms with van der Waals surface area (Å²) in [5.74, 6) is -0.571. The minimum atomic E-state index is -0.897. The maximum absolute atomic E-state index is 12.3. The summed E-state index contributed by atoms with van der Waals surface area (Å²) in [6.45, 7) is 0. The number of nitrogens with zero attached hydrogens (tertiary/aromatic N) is 1. The summed E-state index contributed by atoms with van der Waals surface area (Å²) in [5, 5.41) is 9.59. The van der Waals surface area contributed by atoms with Gasteiger partial charge in [0.2, 0.25) is 5.91 Å². The second-order valence-corrected chi connectivity index (χ2v) is 6.87. The number of carbonyl (C=O) groups excluding carboxylic acids is 1. The van der Waals surface area contributed by atoms with Gasteiger partial charge in [0.15, 0.2) is 0 Å². The molecule has 1 aliphatic heterocycles. The third-order valence-electron chi connectivity index (χ3n) is 4.54. The van der Waals surface area contributed by atoms with E-state index >= 15 is 0 Å². The molecule has 1 aliphatic carbocycles. The number of carboxylic acid groups (broad SMARTS) is 1. The first-order valence-corrected chi connectivity index (χ1v) is 8.19. The minimum absolute atomic E-state index is 0.103. The Morgan fingerprint density at radius 3 is 2.76 bits per heavy atom. The number of aliphatic carboxylic acids is 1. The van der Waals surface area contributed by atoms with Crippen molar-refractivity contribution in [2.75, 3.05) is 4.90 Å². The maximum atomic E-state index is 12.3. The molecule has 1 amide bonds. The molecule has 1 aromatic carbocycles. The number of amides is 1. The van der Waals surface area contributed by atoms with E-state index in [9.17, 15) is 14.7 Å². The topological polar surface area (TPSA) is 57.6 Å². The average molecular weight is 352 g/mol. The van der Waals surface area contributed by atoms with Gasteiger partial charge in [-0.05, 0) is 36.1 Å². The fourth-order valence-electron chi connectivity index (χ4n) is 3.53. The summed E-state index contributed by atoms with van der Waals surface area (Å²) < 4.78 is 0.915. The highest BCUT2D eigenvalue weighted by Gasteiger charge is 2.38. The Labute approximate surface area is 132 Å². The smallest absolute Gasteiger partial charge is 0.326 e. The van der Waals surface area contributed by atoms with Gasteiger partial charge in [0.25, 0.3) is 0 Å². The summed E-state index contributed by atoms with van der Waals surface area (Å²) in [6, 6.07) is 4.87. The molecule has 0 spiro atoms. The summed E-state index contributed by atoms with van der Waals surface area (Å²) in [7, 11) is 0. The fraction of sp³-hybridized carbons (Fsp3) is 0.500. The largest absolute Gasteiger partial charge is 0.480 e. The van der Waals surface area contributed by atoms with Crippen LogP contribution in [0.2, 0.25) is 0 Å². The monoisotopic (exact) mass is 351 g/mol. The number of rotatable bonds is 4. The second kappa shape index (κ2) is 5.79. The molecule has 2 aliphatic rings. The molecule has 1 heterocycles. The van der Waals surface area contributed by atoms with Gasteiger partial charge < -0.3 is 5.11 Å². The fourth-order valence-corrected chi connectivity index (χ4v) is 3.94. The maximum Gasteiger partial charge on any atom is 0.326 e. The number of fused-ring (bicyclic) bond motifs is 1. The predicted molar refractivity (Wildman–Crippen MR) is 83.3 cm³/mol. The first kappa shape index (κ1) is 14.6. The van der Waals surface area contributed by atoms with Crippen molar-refractivity contribution in [2.45, 2.75) is 44.6 Å². The Hall–Kier alpha value is -1.36. The molecule has 1 aromatic rings.